The number of para-hydroxylation sites is 2. The second-order valence-electron chi connectivity index (χ2n) is 5.72. The molecule has 130 valence electrons. The van der Waals surface area contributed by atoms with Crippen molar-refractivity contribution in [1.29, 1.82) is 0 Å². The summed E-state index contributed by atoms with van der Waals surface area (Å²) in [4.78, 5) is 21.0. The molecule has 4 rings (SSSR count). The second-order valence-corrected chi connectivity index (χ2v) is 5.72. The van der Waals surface area contributed by atoms with Crippen LogP contribution in [-0.2, 0) is 4.74 Å². The molecule has 1 unspecified atom stereocenters. The molecule has 0 bridgehead atoms. The van der Waals surface area contributed by atoms with E-state index in [2.05, 4.69) is 20.2 Å². The maximum absolute atomic E-state index is 12.3. The fraction of sp³-hybridized carbons (Fsp3) is 0.167. The molecular formula is C18H15N5O3. The number of hydrogen-bond donors (Lipinski definition) is 0. The number of esters is 1. The van der Waals surface area contributed by atoms with E-state index in [9.17, 15) is 4.79 Å². The smallest absolute Gasteiger partial charge is 0.340 e. The van der Waals surface area contributed by atoms with Crippen molar-refractivity contribution < 1.29 is 13.9 Å². The fourth-order valence-corrected chi connectivity index (χ4v) is 2.55. The van der Waals surface area contributed by atoms with Crippen LogP contribution in [-0.4, -0.2) is 30.7 Å². The molecule has 0 saturated carbocycles. The third-order valence-corrected chi connectivity index (χ3v) is 3.86. The van der Waals surface area contributed by atoms with E-state index in [0.717, 1.165) is 11.0 Å². The average molecular weight is 349 g/mol. The summed E-state index contributed by atoms with van der Waals surface area (Å²) in [6, 6.07) is 11.2. The Kier molecular flexibility index (Phi) is 3.92. The van der Waals surface area contributed by atoms with Gasteiger partial charge < -0.3 is 9.15 Å². The first-order valence-corrected chi connectivity index (χ1v) is 8.01. The van der Waals surface area contributed by atoms with Crippen LogP contribution in [0.4, 0.5) is 0 Å². The largest absolute Gasteiger partial charge is 0.449 e. The molecule has 0 aliphatic heterocycles. The maximum Gasteiger partial charge on any atom is 0.340 e. The van der Waals surface area contributed by atoms with Gasteiger partial charge in [-0.3, -0.25) is 4.57 Å². The third-order valence-electron chi connectivity index (χ3n) is 3.86. The molecule has 3 heterocycles. The van der Waals surface area contributed by atoms with Gasteiger partial charge in [0.1, 0.15) is 12.1 Å². The molecule has 0 aliphatic carbocycles. The number of ether oxygens (including phenoxy) is 1. The van der Waals surface area contributed by atoms with E-state index in [4.69, 9.17) is 9.15 Å². The van der Waals surface area contributed by atoms with E-state index in [-0.39, 0.29) is 5.89 Å². The quantitative estimate of drug-likeness (QED) is 0.522. The predicted octanol–water partition coefficient (Wildman–Crippen LogP) is 3.03. The first-order chi connectivity index (χ1) is 12.6. The summed E-state index contributed by atoms with van der Waals surface area (Å²) in [5.41, 5.74) is 2.15. The van der Waals surface area contributed by atoms with Gasteiger partial charge in [-0.25, -0.2) is 14.8 Å². The van der Waals surface area contributed by atoms with Gasteiger partial charge in [0.25, 0.3) is 5.89 Å². The highest BCUT2D eigenvalue weighted by Gasteiger charge is 2.19. The Labute approximate surface area is 148 Å². The van der Waals surface area contributed by atoms with Crippen LogP contribution in [0.1, 0.15) is 35.2 Å². The minimum atomic E-state index is -0.638. The number of rotatable bonds is 4. The Morgan fingerprint density at radius 1 is 1.15 bits per heavy atom. The van der Waals surface area contributed by atoms with Crippen LogP contribution in [0.3, 0.4) is 0 Å². The van der Waals surface area contributed by atoms with Gasteiger partial charge in [0.2, 0.25) is 5.89 Å². The molecule has 8 heteroatoms. The van der Waals surface area contributed by atoms with Crippen LogP contribution in [0.25, 0.3) is 16.9 Å². The monoisotopic (exact) mass is 349 g/mol. The lowest BCUT2D eigenvalue weighted by Gasteiger charge is -2.09. The van der Waals surface area contributed by atoms with Crippen LogP contribution in [0.15, 0.2) is 53.3 Å². The Hall–Kier alpha value is -3.55. The SMILES string of the molecule is Cc1nnc(C(C)OC(=O)c2ccc(-n3cnc4ccccc43)nc2)o1. The lowest BCUT2D eigenvalue weighted by atomic mass is 10.2. The van der Waals surface area contributed by atoms with Gasteiger partial charge in [0.05, 0.1) is 16.6 Å². The van der Waals surface area contributed by atoms with Crippen LogP contribution < -0.4 is 0 Å². The van der Waals surface area contributed by atoms with Crippen molar-refractivity contribution in [3.8, 4) is 5.82 Å². The maximum atomic E-state index is 12.3. The minimum absolute atomic E-state index is 0.255. The molecule has 0 aliphatic rings. The molecule has 26 heavy (non-hydrogen) atoms. The molecule has 0 N–H and O–H groups in total. The highest BCUT2D eigenvalue weighted by atomic mass is 16.6. The molecule has 0 radical (unpaired) electrons. The highest BCUT2D eigenvalue weighted by molar-refractivity contribution is 5.89. The molecule has 4 aromatic rings. The average Bonchev–Trinajstić information content (AvgIpc) is 3.28. The molecule has 0 saturated heterocycles. The Balaban J connectivity index is 1.53. The summed E-state index contributed by atoms with van der Waals surface area (Å²) < 4.78 is 12.5. The van der Waals surface area contributed by atoms with E-state index >= 15 is 0 Å². The van der Waals surface area contributed by atoms with E-state index in [1.807, 2.05) is 28.8 Å². The van der Waals surface area contributed by atoms with Crippen molar-refractivity contribution >= 4 is 17.0 Å². The summed E-state index contributed by atoms with van der Waals surface area (Å²) in [5, 5.41) is 7.57. The van der Waals surface area contributed by atoms with Crippen LogP contribution in [0.2, 0.25) is 0 Å². The number of carbonyl (C=O) groups excluding carboxylic acids is 1. The standard InChI is InChI=1S/C18H15N5O3/c1-11(17-22-21-12(2)26-17)25-18(24)13-7-8-16(19-9-13)23-10-20-14-5-3-4-6-15(14)23/h3-11H,1-2H3. The van der Waals surface area contributed by atoms with Gasteiger partial charge in [-0.2, -0.15) is 0 Å². The Morgan fingerprint density at radius 2 is 2.00 bits per heavy atom. The second kappa shape index (κ2) is 6.40. The van der Waals surface area contributed by atoms with E-state index in [0.29, 0.717) is 17.3 Å². The molecule has 1 aromatic carbocycles. The highest BCUT2D eigenvalue weighted by Crippen LogP contribution is 2.19. The van der Waals surface area contributed by atoms with Gasteiger partial charge in [0, 0.05) is 13.1 Å². The normalized spacial score (nSPS) is 12.2. The number of imidazole rings is 1. The zero-order chi connectivity index (χ0) is 18.1. The molecule has 3 aromatic heterocycles. The van der Waals surface area contributed by atoms with Crippen molar-refractivity contribution in [1.82, 2.24) is 24.7 Å². The van der Waals surface area contributed by atoms with Gasteiger partial charge >= 0.3 is 5.97 Å². The number of carbonyl (C=O) groups is 1. The predicted molar refractivity (Wildman–Crippen MR) is 91.7 cm³/mol. The first kappa shape index (κ1) is 15.9. The lowest BCUT2D eigenvalue weighted by Crippen LogP contribution is -2.10. The van der Waals surface area contributed by atoms with E-state index in [1.54, 1.807) is 32.3 Å². The van der Waals surface area contributed by atoms with Gasteiger partial charge in [0.15, 0.2) is 6.10 Å². The molecule has 0 amide bonds. The number of pyridine rings is 1. The number of aryl methyl sites for hydroxylation is 1. The molecule has 0 fully saturated rings. The number of fused-ring (bicyclic) bond motifs is 1. The van der Waals surface area contributed by atoms with Crippen LogP contribution >= 0.6 is 0 Å². The topological polar surface area (TPSA) is 95.9 Å². The first-order valence-electron chi connectivity index (χ1n) is 8.01. The minimum Gasteiger partial charge on any atom is -0.449 e. The van der Waals surface area contributed by atoms with E-state index in [1.165, 1.54) is 6.20 Å². The fourth-order valence-electron chi connectivity index (χ4n) is 2.55. The number of nitrogens with zero attached hydrogens (tertiary/aromatic N) is 5. The summed E-state index contributed by atoms with van der Waals surface area (Å²) in [5.74, 6) is 0.825. The van der Waals surface area contributed by atoms with Gasteiger partial charge in [-0.1, -0.05) is 12.1 Å². The van der Waals surface area contributed by atoms with Crippen molar-refractivity contribution in [2.45, 2.75) is 20.0 Å². The van der Waals surface area contributed by atoms with Crippen molar-refractivity contribution in [3.05, 3.63) is 66.3 Å². The van der Waals surface area contributed by atoms with Crippen molar-refractivity contribution in [3.63, 3.8) is 0 Å². The third kappa shape index (κ3) is 2.92. The zero-order valence-corrected chi connectivity index (χ0v) is 14.2. The zero-order valence-electron chi connectivity index (χ0n) is 14.2. The van der Waals surface area contributed by atoms with Crippen molar-refractivity contribution in [2.24, 2.45) is 0 Å². The Morgan fingerprint density at radius 3 is 2.73 bits per heavy atom. The number of benzene rings is 1. The number of hydrogen-bond acceptors (Lipinski definition) is 7. The van der Waals surface area contributed by atoms with E-state index < -0.39 is 12.1 Å². The molecule has 0 spiro atoms. The summed E-state index contributed by atoms with van der Waals surface area (Å²) in [7, 11) is 0. The summed E-state index contributed by atoms with van der Waals surface area (Å²) in [6.07, 6.45) is 2.53. The molecular weight excluding hydrogens is 334 g/mol. The number of aromatic nitrogens is 5. The van der Waals surface area contributed by atoms with Gasteiger partial charge in [-0.15, -0.1) is 10.2 Å². The Bertz CT molecular complexity index is 1070. The lowest BCUT2D eigenvalue weighted by molar-refractivity contribution is 0.0276. The molecule has 8 nitrogen and oxygen atoms in total. The van der Waals surface area contributed by atoms with Crippen LogP contribution in [0, 0.1) is 6.92 Å². The van der Waals surface area contributed by atoms with Crippen LogP contribution in [0.5, 0.6) is 0 Å². The van der Waals surface area contributed by atoms with Gasteiger partial charge in [-0.05, 0) is 31.2 Å². The molecule has 1 atom stereocenters. The summed E-state index contributed by atoms with van der Waals surface area (Å²) in [6.45, 7) is 3.35. The summed E-state index contributed by atoms with van der Waals surface area (Å²) >= 11 is 0. The van der Waals surface area contributed by atoms with Crippen molar-refractivity contribution in [2.75, 3.05) is 0 Å².